The summed E-state index contributed by atoms with van der Waals surface area (Å²) in [6.45, 7) is 1.54. The number of carbonyl (C=O) groups excluding carboxylic acids is 3. The third-order valence-electron chi connectivity index (χ3n) is 4.77. The number of fused-ring (bicyclic) bond motifs is 1. The van der Waals surface area contributed by atoms with Crippen LogP contribution in [0.5, 0.6) is 0 Å². The molecule has 0 saturated heterocycles. The Labute approximate surface area is 173 Å². The summed E-state index contributed by atoms with van der Waals surface area (Å²) in [5.74, 6) is -1.06. The van der Waals surface area contributed by atoms with Gasteiger partial charge >= 0.3 is 5.97 Å². The van der Waals surface area contributed by atoms with Gasteiger partial charge in [0.1, 0.15) is 0 Å². The molecule has 0 saturated carbocycles. The van der Waals surface area contributed by atoms with Gasteiger partial charge in [0.15, 0.2) is 11.9 Å². The number of hydrogen-bond donors (Lipinski definition) is 1. The van der Waals surface area contributed by atoms with Crippen LogP contribution in [0.15, 0.2) is 36.4 Å². The van der Waals surface area contributed by atoms with E-state index in [4.69, 9.17) is 16.3 Å². The van der Waals surface area contributed by atoms with Gasteiger partial charge in [0.05, 0.1) is 21.7 Å². The van der Waals surface area contributed by atoms with Crippen LogP contribution in [-0.2, 0) is 20.7 Å². The first-order chi connectivity index (χ1) is 13.4. The second kappa shape index (κ2) is 9.34. The van der Waals surface area contributed by atoms with Crippen LogP contribution in [-0.4, -0.2) is 23.8 Å². The minimum atomic E-state index is -0.909. The number of benzene rings is 1. The highest BCUT2D eigenvalue weighted by Crippen LogP contribution is 2.29. The summed E-state index contributed by atoms with van der Waals surface area (Å²) >= 11 is 6.99. The number of aryl methyl sites for hydroxylation is 1. The molecule has 2 atom stereocenters. The average Bonchev–Trinajstić information content (AvgIpc) is 3.13. The second-order valence-corrected chi connectivity index (χ2v) is 8.53. The van der Waals surface area contributed by atoms with Crippen LogP contribution >= 0.6 is 22.9 Å². The van der Waals surface area contributed by atoms with Crippen molar-refractivity contribution in [3.8, 4) is 0 Å². The minimum absolute atomic E-state index is 0.0278. The van der Waals surface area contributed by atoms with Gasteiger partial charge in [-0.05, 0) is 49.4 Å². The fraction of sp³-hybridized carbons (Fsp3) is 0.381. The van der Waals surface area contributed by atoms with Gasteiger partial charge in [-0.1, -0.05) is 35.9 Å². The van der Waals surface area contributed by atoms with E-state index in [2.05, 4.69) is 11.4 Å². The topological polar surface area (TPSA) is 72.5 Å². The zero-order valence-corrected chi connectivity index (χ0v) is 17.1. The standard InChI is InChI=1S/C21H22ClNO4S/c1-13(27-20(25)12-9-17(24)18-10-11-19(22)28-18)21(26)23-16-8-4-6-14-5-2-3-7-15(14)16/h2-3,5,7,10-11,13,16H,4,6,8-9,12H2,1H3,(H,23,26)/t13-,16+/m0/s1. The van der Waals surface area contributed by atoms with Crippen molar-refractivity contribution in [2.24, 2.45) is 0 Å². The molecule has 0 spiro atoms. The number of hydrogen-bond acceptors (Lipinski definition) is 5. The van der Waals surface area contributed by atoms with E-state index in [1.807, 2.05) is 18.2 Å². The molecule has 7 heteroatoms. The maximum Gasteiger partial charge on any atom is 0.307 e. The fourth-order valence-electron chi connectivity index (χ4n) is 3.31. The summed E-state index contributed by atoms with van der Waals surface area (Å²) in [7, 11) is 0. The molecular formula is C21H22ClNO4S. The highest BCUT2D eigenvalue weighted by atomic mass is 35.5. The second-order valence-electron chi connectivity index (χ2n) is 6.81. The Hall–Kier alpha value is -2.18. The molecule has 5 nitrogen and oxygen atoms in total. The van der Waals surface area contributed by atoms with Crippen molar-refractivity contribution in [1.82, 2.24) is 5.32 Å². The normalized spacial score (nSPS) is 16.7. The van der Waals surface area contributed by atoms with Crippen molar-refractivity contribution in [2.45, 2.75) is 51.2 Å². The van der Waals surface area contributed by atoms with Crippen molar-refractivity contribution in [3.63, 3.8) is 0 Å². The molecule has 3 rings (SSSR count). The number of ketones is 1. The third-order valence-corrected chi connectivity index (χ3v) is 6.04. The molecule has 0 radical (unpaired) electrons. The van der Waals surface area contributed by atoms with Crippen molar-refractivity contribution in [1.29, 1.82) is 0 Å². The van der Waals surface area contributed by atoms with E-state index in [9.17, 15) is 14.4 Å². The van der Waals surface area contributed by atoms with Crippen LogP contribution in [0.4, 0.5) is 0 Å². The summed E-state index contributed by atoms with van der Waals surface area (Å²) in [6.07, 6.45) is 1.93. The molecule has 0 fully saturated rings. The lowest BCUT2D eigenvalue weighted by molar-refractivity contribution is -0.155. The molecule has 0 aliphatic heterocycles. The van der Waals surface area contributed by atoms with Crippen molar-refractivity contribution >= 4 is 40.6 Å². The molecule has 28 heavy (non-hydrogen) atoms. The molecule has 1 aliphatic rings. The molecular weight excluding hydrogens is 398 g/mol. The molecule has 1 N–H and O–H groups in total. The van der Waals surface area contributed by atoms with E-state index in [0.29, 0.717) is 9.21 Å². The highest BCUT2D eigenvalue weighted by Gasteiger charge is 2.25. The van der Waals surface area contributed by atoms with E-state index in [1.54, 1.807) is 19.1 Å². The molecule has 0 unspecified atom stereocenters. The predicted octanol–water partition coefficient (Wildman–Crippen LogP) is 4.49. The number of Topliss-reactive ketones (excluding diaryl/α,β-unsaturated/α-hetero) is 1. The first-order valence-electron chi connectivity index (χ1n) is 9.30. The van der Waals surface area contributed by atoms with Gasteiger partial charge in [0.25, 0.3) is 5.91 Å². The average molecular weight is 420 g/mol. The van der Waals surface area contributed by atoms with Gasteiger partial charge in [-0.25, -0.2) is 0 Å². The van der Waals surface area contributed by atoms with Crippen LogP contribution < -0.4 is 5.32 Å². The Kier molecular flexibility index (Phi) is 6.86. The molecule has 148 valence electrons. The van der Waals surface area contributed by atoms with Gasteiger partial charge in [-0.15, -0.1) is 11.3 Å². The fourth-order valence-corrected chi connectivity index (χ4v) is 4.32. The third kappa shape index (κ3) is 5.20. The predicted molar refractivity (Wildman–Crippen MR) is 109 cm³/mol. The molecule has 1 amide bonds. The quantitative estimate of drug-likeness (QED) is 0.530. The summed E-state index contributed by atoms with van der Waals surface area (Å²) in [4.78, 5) is 37.0. The number of thiophene rings is 1. The SMILES string of the molecule is C[C@H](OC(=O)CCC(=O)c1ccc(Cl)s1)C(=O)N[C@@H]1CCCc2ccccc21. The maximum absolute atomic E-state index is 12.5. The van der Waals surface area contributed by atoms with Gasteiger partial charge in [0.2, 0.25) is 0 Å². The van der Waals surface area contributed by atoms with Crippen LogP contribution in [0.25, 0.3) is 0 Å². The Bertz CT molecular complexity index is 879. The van der Waals surface area contributed by atoms with Gasteiger partial charge in [-0.3, -0.25) is 14.4 Å². The summed E-state index contributed by atoms with van der Waals surface area (Å²) in [5, 5.41) is 2.98. The van der Waals surface area contributed by atoms with Crippen molar-refractivity contribution in [2.75, 3.05) is 0 Å². The molecule has 1 aliphatic carbocycles. The Morgan fingerprint density at radius 1 is 1.21 bits per heavy atom. The van der Waals surface area contributed by atoms with Crippen LogP contribution in [0.2, 0.25) is 4.34 Å². The zero-order valence-electron chi connectivity index (χ0n) is 15.6. The molecule has 0 bridgehead atoms. The molecule has 1 heterocycles. The number of halogens is 1. The maximum atomic E-state index is 12.5. The van der Waals surface area contributed by atoms with E-state index >= 15 is 0 Å². The molecule has 2 aromatic rings. The number of nitrogens with one attached hydrogen (secondary N) is 1. The summed E-state index contributed by atoms with van der Waals surface area (Å²) in [5.41, 5.74) is 2.37. The zero-order chi connectivity index (χ0) is 20.1. The van der Waals surface area contributed by atoms with Gasteiger partial charge in [-0.2, -0.15) is 0 Å². The van der Waals surface area contributed by atoms with Crippen LogP contribution in [0.3, 0.4) is 0 Å². The Morgan fingerprint density at radius 3 is 2.75 bits per heavy atom. The van der Waals surface area contributed by atoms with Crippen LogP contribution in [0.1, 0.15) is 59.4 Å². The smallest absolute Gasteiger partial charge is 0.307 e. The van der Waals surface area contributed by atoms with Gasteiger partial charge in [0, 0.05) is 6.42 Å². The Balaban J connectivity index is 1.48. The lowest BCUT2D eigenvalue weighted by atomic mass is 9.87. The van der Waals surface area contributed by atoms with Crippen LogP contribution in [0, 0.1) is 0 Å². The monoisotopic (exact) mass is 419 g/mol. The summed E-state index contributed by atoms with van der Waals surface area (Å²) < 4.78 is 5.74. The summed E-state index contributed by atoms with van der Waals surface area (Å²) in [6, 6.07) is 11.3. The van der Waals surface area contributed by atoms with Crippen molar-refractivity contribution < 1.29 is 19.1 Å². The van der Waals surface area contributed by atoms with Gasteiger partial charge < -0.3 is 10.1 Å². The van der Waals surface area contributed by atoms with Crippen molar-refractivity contribution in [3.05, 3.63) is 56.7 Å². The number of rotatable bonds is 7. The largest absolute Gasteiger partial charge is 0.453 e. The lowest BCUT2D eigenvalue weighted by Crippen LogP contribution is -2.39. The number of esters is 1. The minimum Gasteiger partial charge on any atom is -0.453 e. The number of ether oxygens (including phenoxy) is 1. The Morgan fingerprint density at radius 2 is 2.00 bits per heavy atom. The number of carbonyl (C=O) groups is 3. The number of amides is 1. The van der Waals surface area contributed by atoms with E-state index in [1.165, 1.54) is 16.9 Å². The lowest BCUT2D eigenvalue weighted by Gasteiger charge is -2.27. The molecule has 1 aromatic carbocycles. The molecule has 1 aromatic heterocycles. The van der Waals surface area contributed by atoms with E-state index in [0.717, 1.165) is 24.8 Å². The van der Waals surface area contributed by atoms with E-state index < -0.39 is 12.1 Å². The first-order valence-corrected chi connectivity index (χ1v) is 10.5. The van der Waals surface area contributed by atoms with E-state index in [-0.39, 0.29) is 30.6 Å². The highest BCUT2D eigenvalue weighted by molar-refractivity contribution is 7.18. The first kappa shape index (κ1) is 20.6.